The van der Waals surface area contributed by atoms with Crippen LogP contribution in [0.15, 0.2) is 51.9 Å². The molecule has 3 heterocycles. The second-order valence-corrected chi connectivity index (χ2v) is 7.10. The molecule has 1 fully saturated rings. The zero-order valence-corrected chi connectivity index (χ0v) is 16.3. The van der Waals surface area contributed by atoms with E-state index in [1.54, 1.807) is 17.0 Å². The van der Waals surface area contributed by atoms with E-state index in [1.807, 2.05) is 31.2 Å². The number of amides is 1. The fourth-order valence-corrected chi connectivity index (χ4v) is 3.62. The summed E-state index contributed by atoms with van der Waals surface area (Å²) in [6.07, 6.45) is 3.31. The van der Waals surface area contributed by atoms with Crippen molar-refractivity contribution in [2.45, 2.75) is 32.4 Å². The van der Waals surface area contributed by atoms with Gasteiger partial charge in [0.15, 0.2) is 5.76 Å². The van der Waals surface area contributed by atoms with Gasteiger partial charge in [-0.15, -0.1) is 0 Å². The molecule has 0 saturated carbocycles. The van der Waals surface area contributed by atoms with Crippen LogP contribution in [0, 0.1) is 0 Å². The molecule has 4 rings (SSSR count). The van der Waals surface area contributed by atoms with Crippen molar-refractivity contribution in [2.75, 3.05) is 19.8 Å². The van der Waals surface area contributed by atoms with E-state index in [0.717, 1.165) is 29.5 Å². The van der Waals surface area contributed by atoms with Gasteiger partial charge in [0.1, 0.15) is 5.75 Å². The molecule has 2 aromatic heterocycles. The van der Waals surface area contributed by atoms with Crippen molar-refractivity contribution < 1.29 is 18.7 Å². The van der Waals surface area contributed by atoms with Crippen molar-refractivity contribution in [3.63, 3.8) is 0 Å². The number of pyridine rings is 1. The number of fused-ring (bicyclic) bond motifs is 1. The van der Waals surface area contributed by atoms with E-state index < -0.39 is 0 Å². The molecule has 1 atom stereocenters. The maximum absolute atomic E-state index is 13.0. The number of carbonyl (C=O) groups excluding carboxylic acids is 1. The summed E-state index contributed by atoms with van der Waals surface area (Å²) in [4.78, 5) is 30.1. The molecule has 29 heavy (non-hydrogen) atoms. The molecule has 7 nitrogen and oxygen atoms in total. The van der Waals surface area contributed by atoms with Crippen LogP contribution in [0.5, 0.6) is 5.75 Å². The summed E-state index contributed by atoms with van der Waals surface area (Å²) in [6.45, 7) is 3.77. The highest BCUT2D eigenvalue weighted by Gasteiger charge is 2.25. The highest BCUT2D eigenvalue weighted by atomic mass is 16.5. The average molecular weight is 396 g/mol. The van der Waals surface area contributed by atoms with Gasteiger partial charge in [0.2, 0.25) is 0 Å². The molecular formula is C22H24N2O5. The number of nitrogens with zero attached hydrogens (tertiary/aromatic N) is 1. The Morgan fingerprint density at radius 1 is 1.31 bits per heavy atom. The number of benzene rings is 1. The lowest BCUT2D eigenvalue weighted by Gasteiger charge is -2.24. The van der Waals surface area contributed by atoms with Gasteiger partial charge in [-0.2, -0.15) is 0 Å². The lowest BCUT2D eigenvalue weighted by molar-refractivity contribution is 0.0483. The fraction of sp³-hybridized carbons (Fsp3) is 0.364. The number of ether oxygens (including phenoxy) is 2. The van der Waals surface area contributed by atoms with Crippen molar-refractivity contribution in [3.05, 3.63) is 64.3 Å². The maximum atomic E-state index is 13.0. The predicted molar refractivity (Wildman–Crippen MR) is 108 cm³/mol. The van der Waals surface area contributed by atoms with E-state index in [-0.39, 0.29) is 29.9 Å². The number of furan rings is 1. The van der Waals surface area contributed by atoms with Crippen LogP contribution < -0.4 is 10.3 Å². The van der Waals surface area contributed by atoms with Crippen molar-refractivity contribution in [2.24, 2.45) is 0 Å². The van der Waals surface area contributed by atoms with Crippen molar-refractivity contribution >= 4 is 16.8 Å². The van der Waals surface area contributed by atoms with Gasteiger partial charge in [0, 0.05) is 29.6 Å². The molecule has 1 N–H and O–H groups in total. The molecule has 3 aromatic rings. The second-order valence-electron chi connectivity index (χ2n) is 7.10. The summed E-state index contributed by atoms with van der Waals surface area (Å²) in [5.74, 6) is 0.729. The number of H-pyrrole nitrogens is 1. The largest absolute Gasteiger partial charge is 0.494 e. The number of nitrogens with one attached hydrogen (secondary N) is 1. The normalized spacial score (nSPS) is 16.2. The van der Waals surface area contributed by atoms with E-state index in [4.69, 9.17) is 13.9 Å². The first-order chi connectivity index (χ1) is 14.1. The van der Waals surface area contributed by atoms with Gasteiger partial charge in [-0.3, -0.25) is 9.59 Å². The van der Waals surface area contributed by atoms with Gasteiger partial charge >= 0.3 is 0 Å². The maximum Gasteiger partial charge on any atom is 0.289 e. The molecule has 0 aliphatic carbocycles. The summed E-state index contributed by atoms with van der Waals surface area (Å²) in [7, 11) is 0. The number of hydrogen-bond donors (Lipinski definition) is 1. The Balaban J connectivity index is 1.64. The van der Waals surface area contributed by atoms with Crippen LogP contribution in [-0.2, 0) is 11.3 Å². The van der Waals surface area contributed by atoms with Gasteiger partial charge in [0.05, 0.1) is 25.5 Å². The van der Waals surface area contributed by atoms with Crippen LogP contribution >= 0.6 is 0 Å². The van der Waals surface area contributed by atoms with Gasteiger partial charge in [-0.05, 0) is 56.2 Å². The van der Waals surface area contributed by atoms with Crippen LogP contribution in [0.1, 0.15) is 35.9 Å². The molecule has 1 aliphatic heterocycles. The Labute approximate surface area is 168 Å². The van der Waals surface area contributed by atoms with E-state index in [9.17, 15) is 9.59 Å². The zero-order chi connectivity index (χ0) is 20.2. The standard InChI is InChI=1S/C22H24N2O5/c1-2-27-17-7-8-19-15(12-17)11-16(21(25)23-19)13-24(14-18-5-3-9-28-18)22(26)20-6-4-10-29-20/h4,6-8,10-12,18H,2-3,5,9,13-14H2,1H3,(H,23,25). The second kappa shape index (κ2) is 8.53. The third kappa shape index (κ3) is 4.35. The van der Waals surface area contributed by atoms with Crippen molar-refractivity contribution in [3.8, 4) is 5.75 Å². The van der Waals surface area contributed by atoms with Gasteiger partial charge in [-0.25, -0.2) is 0 Å². The topological polar surface area (TPSA) is 84.8 Å². The van der Waals surface area contributed by atoms with Crippen LogP contribution in [-0.4, -0.2) is 41.7 Å². The number of carbonyl (C=O) groups is 1. The molecule has 0 radical (unpaired) electrons. The predicted octanol–water partition coefficient (Wildman–Crippen LogP) is 3.34. The number of aromatic amines is 1. The van der Waals surface area contributed by atoms with E-state index in [2.05, 4.69) is 4.98 Å². The van der Waals surface area contributed by atoms with Crippen LogP contribution in [0.3, 0.4) is 0 Å². The van der Waals surface area contributed by atoms with Crippen LogP contribution in [0.25, 0.3) is 10.9 Å². The van der Waals surface area contributed by atoms with Crippen LogP contribution in [0.2, 0.25) is 0 Å². The van der Waals surface area contributed by atoms with E-state index in [1.165, 1.54) is 6.26 Å². The molecule has 1 aromatic carbocycles. The summed E-state index contributed by atoms with van der Waals surface area (Å²) in [6, 6.07) is 10.7. The Morgan fingerprint density at radius 2 is 2.21 bits per heavy atom. The Bertz CT molecular complexity index is 1040. The number of rotatable bonds is 7. The molecule has 1 aliphatic rings. The number of aromatic nitrogens is 1. The summed E-state index contributed by atoms with van der Waals surface area (Å²) < 4.78 is 16.5. The lowest BCUT2D eigenvalue weighted by Crippen LogP contribution is -2.38. The molecule has 1 saturated heterocycles. The van der Waals surface area contributed by atoms with Gasteiger partial charge < -0.3 is 23.8 Å². The monoisotopic (exact) mass is 396 g/mol. The van der Waals surface area contributed by atoms with E-state index >= 15 is 0 Å². The molecule has 152 valence electrons. The minimum Gasteiger partial charge on any atom is -0.494 e. The Hall–Kier alpha value is -3.06. The fourth-order valence-electron chi connectivity index (χ4n) is 3.62. The third-order valence-electron chi connectivity index (χ3n) is 5.03. The molecule has 1 amide bonds. The molecule has 1 unspecified atom stereocenters. The quantitative estimate of drug-likeness (QED) is 0.662. The summed E-state index contributed by atoms with van der Waals surface area (Å²) in [5.41, 5.74) is 1.01. The first-order valence-electron chi connectivity index (χ1n) is 9.87. The van der Waals surface area contributed by atoms with Crippen molar-refractivity contribution in [1.82, 2.24) is 9.88 Å². The van der Waals surface area contributed by atoms with Crippen LogP contribution in [0.4, 0.5) is 0 Å². The number of hydrogen-bond acceptors (Lipinski definition) is 5. The highest BCUT2D eigenvalue weighted by Crippen LogP contribution is 2.21. The third-order valence-corrected chi connectivity index (χ3v) is 5.03. The summed E-state index contributed by atoms with van der Waals surface area (Å²) in [5, 5.41) is 0.855. The minimum absolute atomic E-state index is 0.0296. The average Bonchev–Trinajstić information content (AvgIpc) is 3.42. The lowest BCUT2D eigenvalue weighted by atomic mass is 10.1. The zero-order valence-electron chi connectivity index (χ0n) is 16.3. The minimum atomic E-state index is -0.256. The summed E-state index contributed by atoms with van der Waals surface area (Å²) >= 11 is 0. The molecule has 0 bridgehead atoms. The van der Waals surface area contributed by atoms with Crippen molar-refractivity contribution in [1.29, 1.82) is 0 Å². The smallest absolute Gasteiger partial charge is 0.289 e. The van der Waals surface area contributed by atoms with Gasteiger partial charge in [-0.1, -0.05) is 0 Å². The molecule has 7 heteroatoms. The first-order valence-corrected chi connectivity index (χ1v) is 9.87. The highest BCUT2D eigenvalue weighted by molar-refractivity contribution is 5.91. The van der Waals surface area contributed by atoms with Gasteiger partial charge in [0.25, 0.3) is 11.5 Å². The Morgan fingerprint density at radius 3 is 2.93 bits per heavy atom. The Kier molecular flexibility index (Phi) is 5.67. The molecule has 0 spiro atoms. The first kappa shape index (κ1) is 19.3. The van der Waals surface area contributed by atoms with E-state index in [0.29, 0.717) is 25.3 Å². The SMILES string of the molecule is CCOc1ccc2[nH]c(=O)c(CN(CC3CCCO3)C(=O)c3ccco3)cc2c1. The molecular weight excluding hydrogens is 372 g/mol.